The number of nitrogens with one attached hydrogen (secondary N) is 3. The lowest BCUT2D eigenvalue weighted by molar-refractivity contribution is -0.126. The number of hydrogen-bond acceptors (Lipinski definition) is 7. The molecule has 1 aliphatic heterocycles. The Kier molecular flexibility index (Phi) is 9.62. The van der Waals surface area contributed by atoms with Crippen LogP contribution in [0.3, 0.4) is 0 Å². The van der Waals surface area contributed by atoms with Gasteiger partial charge in [-0.25, -0.2) is 4.79 Å². The predicted molar refractivity (Wildman–Crippen MR) is 118 cm³/mol. The van der Waals surface area contributed by atoms with E-state index in [9.17, 15) is 32.5 Å². The van der Waals surface area contributed by atoms with Gasteiger partial charge in [0.25, 0.3) is 10.1 Å². The van der Waals surface area contributed by atoms with Crippen LogP contribution in [0.1, 0.15) is 38.7 Å². The topological polar surface area (TPSA) is 171 Å². The maximum absolute atomic E-state index is 12.9. The minimum atomic E-state index is -4.92. The van der Waals surface area contributed by atoms with E-state index in [1.807, 2.05) is 19.9 Å². The molecule has 1 fully saturated rings. The molecule has 1 aromatic rings. The van der Waals surface area contributed by atoms with E-state index in [2.05, 4.69) is 16.0 Å². The first-order chi connectivity index (χ1) is 15.5. The molecule has 0 aliphatic carbocycles. The van der Waals surface area contributed by atoms with Crippen molar-refractivity contribution in [2.75, 3.05) is 6.54 Å². The number of carbonyl (C=O) groups is 3. The second-order valence-electron chi connectivity index (χ2n) is 8.42. The Balaban J connectivity index is 2.08. The Morgan fingerprint density at radius 3 is 2.42 bits per heavy atom. The molecule has 0 spiro atoms. The standard InChI is InChI=1S/C21H31N3O8S/c1-13(2)10-16(24-21(28)32-12-14-6-4-3-5-7-14)19(26)23-17(20(27)33(29,30)31)11-15-8-9-22-18(15)25/h3-7,13,15-17,20,27H,8-12H2,1-2H3,(H,22,25)(H,23,26)(H,24,28)(H,29,30,31)/t15-,16-,17-,20?/m0/s1. The number of aliphatic hydroxyl groups is 1. The molecule has 3 amide bonds. The third kappa shape index (κ3) is 8.63. The second kappa shape index (κ2) is 12.0. The lowest BCUT2D eigenvalue weighted by Crippen LogP contribution is -2.54. The van der Waals surface area contributed by atoms with Gasteiger partial charge in [-0.1, -0.05) is 44.2 Å². The van der Waals surface area contributed by atoms with Gasteiger partial charge in [-0.05, 0) is 30.7 Å². The molecule has 1 heterocycles. The zero-order valence-electron chi connectivity index (χ0n) is 18.6. The first-order valence-corrected chi connectivity index (χ1v) is 12.2. The summed E-state index contributed by atoms with van der Waals surface area (Å²) in [5, 5.41) is 17.5. The molecule has 5 N–H and O–H groups in total. The Labute approximate surface area is 193 Å². The summed E-state index contributed by atoms with van der Waals surface area (Å²) in [5.41, 5.74) is -1.58. The van der Waals surface area contributed by atoms with E-state index in [0.717, 1.165) is 5.56 Å². The third-order valence-electron chi connectivity index (χ3n) is 5.21. The van der Waals surface area contributed by atoms with Crippen molar-refractivity contribution in [1.82, 2.24) is 16.0 Å². The van der Waals surface area contributed by atoms with Crippen LogP contribution in [0.25, 0.3) is 0 Å². The maximum atomic E-state index is 12.9. The summed E-state index contributed by atoms with van der Waals surface area (Å²) >= 11 is 0. The van der Waals surface area contributed by atoms with Crippen LogP contribution in [0.15, 0.2) is 30.3 Å². The Morgan fingerprint density at radius 1 is 1.21 bits per heavy atom. The maximum Gasteiger partial charge on any atom is 0.408 e. The van der Waals surface area contributed by atoms with Crippen molar-refractivity contribution in [2.24, 2.45) is 11.8 Å². The smallest absolute Gasteiger partial charge is 0.408 e. The summed E-state index contributed by atoms with van der Waals surface area (Å²) in [6.45, 7) is 4.02. The van der Waals surface area contributed by atoms with Crippen molar-refractivity contribution in [3.05, 3.63) is 35.9 Å². The molecular formula is C21H31N3O8S. The predicted octanol–water partition coefficient (Wildman–Crippen LogP) is 0.545. The van der Waals surface area contributed by atoms with Crippen LogP contribution >= 0.6 is 0 Å². The largest absolute Gasteiger partial charge is 0.445 e. The van der Waals surface area contributed by atoms with Crippen LogP contribution in [-0.4, -0.2) is 60.0 Å². The number of benzene rings is 1. The summed E-state index contributed by atoms with van der Waals surface area (Å²) in [6.07, 6.45) is -0.458. The van der Waals surface area contributed by atoms with E-state index < -0.39 is 45.6 Å². The fourth-order valence-corrected chi connectivity index (χ4v) is 4.12. The number of carbonyl (C=O) groups excluding carboxylic acids is 3. The fourth-order valence-electron chi connectivity index (χ4n) is 3.52. The van der Waals surface area contributed by atoms with Crippen LogP contribution in [0, 0.1) is 11.8 Å². The molecule has 0 aromatic heterocycles. The van der Waals surface area contributed by atoms with E-state index in [0.29, 0.717) is 13.0 Å². The Bertz CT molecular complexity index is 923. The lowest BCUT2D eigenvalue weighted by atomic mass is 9.97. The van der Waals surface area contributed by atoms with E-state index in [1.165, 1.54) is 0 Å². The molecule has 1 saturated heterocycles. The molecule has 0 saturated carbocycles. The van der Waals surface area contributed by atoms with Crippen LogP contribution in [0.5, 0.6) is 0 Å². The quantitative estimate of drug-likeness (QED) is 0.283. The Morgan fingerprint density at radius 2 is 1.88 bits per heavy atom. The van der Waals surface area contributed by atoms with E-state index >= 15 is 0 Å². The molecule has 12 heteroatoms. The number of aliphatic hydroxyl groups excluding tert-OH is 1. The molecule has 11 nitrogen and oxygen atoms in total. The highest BCUT2D eigenvalue weighted by molar-refractivity contribution is 7.86. The highest BCUT2D eigenvalue weighted by Crippen LogP contribution is 2.20. The van der Waals surface area contributed by atoms with Crippen LogP contribution < -0.4 is 16.0 Å². The molecule has 1 aromatic carbocycles. The lowest BCUT2D eigenvalue weighted by Gasteiger charge is -2.27. The summed E-state index contributed by atoms with van der Waals surface area (Å²) < 4.78 is 37.5. The van der Waals surface area contributed by atoms with Gasteiger partial charge < -0.3 is 25.8 Å². The molecular weight excluding hydrogens is 454 g/mol. The number of amides is 3. The first kappa shape index (κ1) is 26.6. The van der Waals surface area contributed by atoms with Gasteiger partial charge in [-0.2, -0.15) is 8.42 Å². The van der Waals surface area contributed by atoms with Crippen molar-refractivity contribution in [1.29, 1.82) is 0 Å². The van der Waals surface area contributed by atoms with Gasteiger partial charge in [0.1, 0.15) is 12.6 Å². The number of hydrogen-bond donors (Lipinski definition) is 5. The van der Waals surface area contributed by atoms with Crippen molar-refractivity contribution in [2.45, 2.75) is 57.2 Å². The summed E-state index contributed by atoms with van der Waals surface area (Å²) in [5.74, 6) is -1.77. The van der Waals surface area contributed by atoms with Gasteiger partial charge >= 0.3 is 6.09 Å². The van der Waals surface area contributed by atoms with Gasteiger partial charge in [0.15, 0.2) is 0 Å². The molecule has 0 bridgehead atoms. The first-order valence-electron chi connectivity index (χ1n) is 10.7. The van der Waals surface area contributed by atoms with Crippen LogP contribution in [0.2, 0.25) is 0 Å². The minimum absolute atomic E-state index is 0.0103. The zero-order chi connectivity index (χ0) is 24.6. The monoisotopic (exact) mass is 485 g/mol. The molecule has 1 aliphatic rings. The van der Waals surface area contributed by atoms with Gasteiger partial charge in [0, 0.05) is 12.5 Å². The summed E-state index contributed by atoms with van der Waals surface area (Å²) in [4.78, 5) is 37.1. The van der Waals surface area contributed by atoms with Gasteiger partial charge in [0.05, 0.1) is 6.04 Å². The van der Waals surface area contributed by atoms with E-state index in [1.54, 1.807) is 24.3 Å². The Hall–Kier alpha value is -2.70. The second-order valence-corrected chi connectivity index (χ2v) is 9.93. The SMILES string of the molecule is CC(C)C[C@H](NC(=O)OCc1ccccc1)C(=O)N[C@@H](C[C@@H]1CCNC1=O)C(O)S(=O)(=O)O. The number of rotatable bonds is 11. The van der Waals surface area contributed by atoms with Crippen molar-refractivity contribution in [3.63, 3.8) is 0 Å². The van der Waals surface area contributed by atoms with Gasteiger partial charge in [-0.15, -0.1) is 0 Å². The summed E-state index contributed by atoms with van der Waals surface area (Å²) in [6, 6.07) is 6.38. The van der Waals surface area contributed by atoms with E-state index in [4.69, 9.17) is 4.74 Å². The molecule has 4 atom stereocenters. The molecule has 184 valence electrons. The molecule has 1 unspecified atom stereocenters. The van der Waals surface area contributed by atoms with Crippen molar-refractivity contribution < 1.29 is 37.2 Å². The average Bonchev–Trinajstić information content (AvgIpc) is 3.14. The van der Waals surface area contributed by atoms with Gasteiger partial charge in [-0.3, -0.25) is 14.1 Å². The van der Waals surface area contributed by atoms with Crippen LogP contribution in [0.4, 0.5) is 4.79 Å². The molecule has 2 rings (SSSR count). The summed E-state index contributed by atoms with van der Waals surface area (Å²) in [7, 11) is -4.92. The average molecular weight is 486 g/mol. The fraction of sp³-hybridized carbons (Fsp3) is 0.571. The van der Waals surface area contributed by atoms with Crippen LogP contribution in [-0.2, 0) is 31.1 Å². The van der Waals surface area contributed by atoms with Crippen molar-refractivity contribution in [3.8, 4) is 0 Å². The molecule has 0 radical (unpaired) electrons. The third-order valence-corrected chi connectivity index (χ3v) is 6.15. The highest BCUT2D eigenvalue weighted by atomic mass is 32.2. The molecule has 33 heavy (non-hydrogen) atoms. The van der Waals surface area contributed by atoms with Crippen molar-refractivity contribution >= 4 is 28.0 Å². The number of alkyl carbamates (subject to hydrolysis) is 1. The highest BCUT2D eigenvalue weighted by Gasteiger charge is 2.37. The minimum Gasteiger partial charge on any atom is -0.445 e. The van der Waals surface area contributed by atoms with E-state index in [-0.39, 0.29) is 31.3 Å². The number of ether oxygens (including phenoxy) is 1. The van der Waals surface area contributed by atoms with Gasteiger partial charge in [0.2, 0.25) is 17.3 Å². The zero-order valence-corrected chi connectivity index (χ0v) is 19.4. The normalized spacial score (nSPS) is 18.8.